The Morgan fingerprint density at radius 1 is 0.299 bits per heavy atom. The van der Waals surface area contributed by atoms with Gasteiger partial charge < -0.3 is 8.98 Å². The Bertz CT molecular complexity index is 4210. The van der Waals surface area contributed by atoms with Crippen molar-refractivity contribution < 1.29 is 4.42 Å². The molecule has 14 rings (SSSR count). The van der Waals surface area contributed by atoms with Crippen molar-refractivity contribution in [1.29, 1.82) is 0 Å². The first-order valence-corrected chi connectivity index (χ1v) is 22.6. The summed E-state index contributed by atoms with van der Waals surface area (Å²) < 4.78 is 11.1. The van der Waals surface area contributed by atoms with Gasteiger partial charge in [0, 0.05) is 49.1 Å². The molecule has 10 aromatic carbocycles. The quantitative estimate of drug-likeness (QED) is 0.167. The average molecular weight is 856 g/mol. The van der Waals surface area contributed by atoms with Crippen LogP contribution < -0.4 is 0 Å². The third-order valence-corrected chi connectivity index (χ3v) is 13.3. The van der Waals surface area contributed by atoms with E-state index >= 15 is 0 Å². The second kappa shape index (κ2) is 14.7. The van der Waals surface area contributed by atoms with E-state index in [0.717, 1.165) is 82.7 Å². The Morgan fingerprint density at radius 2 is 0.836 bits per heavy atom. The third kappa shape index (κ3) is 5.86. The number of fused-ring (bicyclic) bond motifs is 12. The maximum atomic E-state index is 6.38. The maximum Gasteiger partial charge on any atom is 0.238 e. The van der Waals surface area contributed by atoms with Crippen molar-refractivity contribution in [2.24, 2.45) is 0 Å². The molecule has 0 bridgehead atoms. The standard InChI is InChI=1S/C61H37N5O/c1-4-16-38(17-5-1)43-34-44(39-18-6-2-7-19-39)36-45(35-43)65-50-26-14-12-25-49(50)57-51(65)32-33-53-58(57)56-46-23-11-10-20-40(46)29-31-52(56)66(53)61-63-59(41-21-8-3-9-22-41)62-60(64-61)42-28-30-48-47-24-13-15-27-54(47)67-55(48)37-42/h1-37H. The molecular weight excluding hydrogens is 819 g/mol. The van der Waals surface area contributed by atoms with Crippen LogP contribution in [-0.2, 0) is 0 Å². The Hall–Kier alpha value is -9.13. The fourth-order valence-electron chi connectivity index (χ4n) is 10.3. The Labute approximate surface area is 384 Å². The molecule has 67 heavy (non-hydrogen) atoms. The topological polar surface area (TPSA) is 61.7 Å². The fraction of sp³-hybridized carbons (Fsp3) is 0. The summed E-state index contributed by atoms with van der Waals surface area (Å²) in [6, 6.07) is 79.4. The van der Waals surface area contributed by atoms with Crippen molar-refractivity contribution >= 4 is 76.3 Å². The number of benzene rings is 10. The van der Waals surface area contributed by atoms with Crippen molar-refractivity contribution in [1.82, 2.24) is 24.1 Å². The molecule has 0 fully saturated rings. The summed E-state index contributed by atoms with van der Waals surface area (Å²) in [7, 11) is 0. The van der Waals surface area contributed by atoms with Gasteiger partial charge in [-0.3, -0.25) is 4.57 Å². The number of hydrogen-bond donors (Lipinski definition) is 0. The molecule has 0 aliphatic carbocycles. The van der Waals surface area contributed by atoms with E-state index in [1.165, 1.54) is 32.7 Å². The predicted octanol–water partition coefficient (Wildman–Crippen LogP) is 15.8. The average Bonchev–Trinajstić information content (AvgIpc) is 4.07. The van der Waals surface area contributed by atoms with Crippen molar-refractivity contribution in [3.63, 3.8) is 0 Å². The van der Waals surface area contributed by atoms with Crippen LogP contribution >= 0.6 is 0 Å². The molecule has 0 saturated carbocycles. The van der Waals surface area contributed by atoms with Gasteiger partial charge >= 0.3 is 0 Å². The number of furan rings is 1. The van der Waals surface area contributed by atoms with Gasteiger partial charge in [-0.1, -0.05) is 164 Å². The highest BCUT2D eigenvalue weighted by Crippen LogP contribution is 2.45. The Kier molecular flexibility index (Phi) is 8.18. The lowest BCUT2D eigenvalue weighted by Crippen LogP contribution is -2.06. The molecule has 0 N–H and O–H groups in total. The highest BCUT2D eigenvalue weighted by molar-refractivity contribution is 6.33. The smallest absolute Gasteiger partial charge is 0.238 e. The zero-order chi connectivity index (χ0) is 44.0. The summed E-state index contributed by atoms with van der Waals surface area (Å²) >= 11 is 0. The molecule has 0 aliphatic rings. The van der Waals surface area contributed by atoms with Crippen LogP contribution in [0.15, 0.2) is 229 Å². The molecule has 0 radical (unpaired) electrons. The number of nitrogens with zero attached hydrogens (tertiary/aromatic N) is 5. The molecule has 6 heteroatoms. The normalized spacial score (nSPS) is 11.9. The lowest BCUT2D eigenvalue weighted by molar-refractivity contribution is 0.669. The number of rotatable bonds is 6. The van der Waals surface area contributed by atoms with Crippen LogP contribution in [0.5, 0.6) is 0 Å². The number of aromatic nitrogens is 5. The first-order valence-electron chi connectivity index (χ1n) is 22.6. The van der Waals surface area contributed by atoms with Gasteiger partial charge in [0.05, 0.1) is 22.1 Å². The summed E-state index contributed by atoms with van der Waals surface area (Å²) in [5.74, 6) is 1.69. The van der Waals surface area contributed by atoms with E-state index < -0.39 is 0 Å². The minimum Gasteiger partial charge on any atom is -0.456 e. The summed E-state index contributed by atoms with van der Waals surface area (Å²) in [6.45, 7) is 0. The molecule has 0 aliphatic heterocycles. The lowest BCUT2D eigenvalue weighted by Gasteiger charge is -2.14. The molecule has 0 atom stereocenters. The van der Waals surface area contributed by atoms with Gasteiger partial charge in [0.15, 0.2) is 11.6 Å². The van der Waals surface area contributed by atoms with Crippen LogP contribution in [0, 0.1) is 0 Å². The highest BCUT2D eigenvalue weighted by atomic mass is 16.3. The molecule has 0 saturated heterocycles. The molecule has 0 amide bonds. The van der Waals surface area contributed by atoms with Gasteiger partial charge in [0.25, 0.3) is 0 Å². The van der Waals surface area contributed by atoms with E-state index in [2.05, 4.69) is 197 Å². The minimum absolute atomic E-state index is 0.537. The molecule has 0 unspecified atom stereocenters. The van der Waals surface area contributed by atoms with E-state index in [9.17, 15) is 0 Å². The highest BCUT2D eigenvalue weighted by Gasteiger charge is 2.25. The Balaban J connectivity index is 1.08. The van der Waals surface area contributed by atoms with Crippen LogP contribution in [0.1, 0.15) is 0 Å². The molecule has 6 nitrogen and oxygen atoms in total. The monoisotopic (exact) mass is 855 g/mol. The third-order valence-electron chi connectivity index (χ3n) is 13.3. The number of hydrogen-bond acceptors (Lipinski definition) is 4. The molecule has 0 spiro atoms. The Morgan fingerprint density at radius 3 is 1.57 bits per heavy atom. The van der Waals surface area contributed by atoms with Crippen LogP contribution in [0.2, 0.25) is 0 Å². The van der Waals surface area contributed by atoms with E-state index in [1.807, 2.05) is 36.4 Å². The fourth-order valence-corrected chi connectivity index (χ4v) is 10.3. The van der Waals surface area contributed by atoms with E-state index in [-0.39, 0.29) is 0 Å². The van der Waals surface area contributed by atoms with Crippen molar-refractivity contribution in [2.45, 2.75) is 0 Å². The first-order chi connectivity index (χ1) is 33.2. The van der Waals surface area contributed by atoms with E-state index in [0.29, 0.717) is 17.6 Å². The molecule has 312 valence electrons. The molecule has 4 heterocycles. The largest absolute Gasteiger partial charge is 0.456 e. The van der Waals surface area contributed by atoms with Gasteiger partial charge in [0.2, 0.25) is 5.95 Å². The second-order valence-electron chi connectivity index (χ2n) is 17.2. The summed E-state index contributed by atoms with van der Waals surface area (Å²) in [6.07, 6.45) is 0. The molecular formula is C61H37N5O. The van der Waals surface area contributed by atoms with Crippen molar-refractivity contribution in [2.75, 3.05) is 0 Å². The van der Waals surface area contributed by atoms with Crippen LogP contribution in [0.25, 0.3) is 133 Å². The SMILES string of the molecule is c1ccc(-c2cc(-c3ccccc3)cc(-n3c4ccccc4c4c5c6c7ccccc7ccc6n(-c6nc(-c7ccccc7)nc(-c7ccc8c(c7)oc7ccccc78)n6)c5ccc43)c2)cc1. The van der Waals surface area contributed by atoms with Gasteiger partial charge in [-0.15, -0.1) is 0 Å². The summed E-state index contributed by atoms with van der Waals surface area (Å²) in [4.78, 5) is 15.9. The summed E-state index contributed by atoms with van der Waals surface area (Å²) in [5.41, 5.74) is 13.4. The molecule has 14 aromatic rings. The minimum atomic E-state index is 0.537. The second-order valence-corrected chi connectivity index (χ2v) is 17.2. The predicted molar refractivity (Wildman–Crippen MR) is 275 cm³/mol. The zero-order valence-corrected chi connectivity index (χ0v) is 36.0. The summed E-state index contributed by atoms with van der Waals surface area (Å²) in [5, 5.41) is 9.10. The lowest BCUT2D eigenvalue weighted by atomic mass is 9.98. The van der Waals surface area contributed by atoms with Gasteiger partial charge in [-0.2, -0.15) is 9.97 Å². The first kappa shape index (κ1) is 37.3. The van der Waals surface area contributed by atoms with Crippen LogP contribution in [0.4, 0.5) is 0 Å². The van der Waals surface area contributed by atoms with Gasteiger partial charge in [-0.25, -0.2) is 4.98 Å². The van der Waals surface area contributed by atoms with Crippen LogP contribution in [-0.4, -0.2) is 24.1 Å². The zero-order valence-electron chi connectivity index (χ0n) is 36.0. The number of para-hydroxylation sites is 2. The van der Waals surface area contributed by atoms with E-state index in [4.69, 9.17) is 19.4 Å². The molecule has 4 aromatic heterocycles. The van der Waals surface area contributed by atoms with Gasteiger partial charge in [0.1, 0.15) is 11.2 Å². The van der Waals surface area contributed by atoms with E-state index in [1.54, 1.807) is 0 Å². The van der Waals surface area contributed by atoms with Crippen molar-refractivity contribution in [3.05, 3.63) is 224 Å². The van der Waals surface area contributed by atoms with Crippen LogP contribution in [0.3, 0.4) is 0 Å². The van der Waals surface area contributed by atoms with Gasteiger partial charge in [-0.05, 0) is 93.7 Å². The maximum absolute atomic E-state index is 6.38. The van der Waals surface area contributed by atoms with Crippen molar-refractivity contribution in [3.8, 4) is 56.7 Å².